The SMILES string of the molecule is C=CCNC(=O)OC1CC(C(=O)NCCC(N)=O)=CC(NC(=O)NC2CCCCC2)C1O. The van der Waals surface area contributed by atoms with Crippen molar-refractivity contribution in [2.24, 2.45) is 5.73 Å². The van der Waals surface area contributed by atoms with Gasteiger partial charge in [-0.1, -0.05) is 31.4 Å². The molecule has 11 nitrogen and oxygen atoms in total. The standard InChI is InChI=1S/C21H33N5O6/c1-2-9-24-21(31)32-16-12-13(19(29)23-10-8-17(22)27)11-15(18(16)28)26-20(30)25-14-6-4-3-5-7-14/h2,11,14-16,18,28H,1,3-10,12H2,(H2,22,27)(H,23,29)(H,24,31)(H2,25,26,30). The van der Waals surface area contributed by atoms with Crippen LogP contribution in [-0.2, 0) is 14.3 Å². The summed E-state index contributed by atoms with van der Waals surface area (Å²) in [4.78, 5) is 47.9. The molecule has 0 radical (unpaired) electrons. The number of nitrogens with two attached hydrogens (primary N) is 1. The summed E-state index contributed by atoms with van der Waals surface area (Å²) in [6, 6.07) is -1.37. The van der Waals surface area contributed by atoms with Gasteiger partial charge in [0.25, 0.3) is 0 Å². The Morgan fingerprint density at radius 2 is 1.88 bits per heavy atom. The molecule has 0 aliphatic heterocycles. The molecule has 0 aromatic carbocycles. The largest absolute Gasteiger partial charge is 0.443 e. The van der Waals surface area contributed by atoms with E-state index in [-0.39, 0.29) is 37.5 Å². The Balaban J connectivity index is 2.07. The molecule has 3 unspecified atom stereocenters. The number of primary amides is 1. The maximum absolute atomic E-state index is 12.5. The van der Waals surface area contributed by atoms with Crippen molar-refractivity contribution >= 4 is 23.9 Å². The number of carbonyl (C=O) groups excluding carboxylic acids is 4. The van der Waals surface area contributed by atoms with Crippen LogP contribution in [0.3, 0.4) is 0 Å². The topological polar surface area (TPSA) is 172 Å². The third-order valence-electron chi connectivity index (χ3n) is 5.39. The minimum atomic E-state index is -1.26. The summed E-state index contributed by atoms with van der Waals surface area (Å²) >= 11 is 0. The smallest absolute Gasteiger partial charge is 0.407 e. The van der Waals surface area contributed by atoms with Crippen LogP contribution in [0.2, 0.25) is 0 Å². The first kappa shape index (κ1) is 25.2. The van der Waals surface area contributed by atoms with E-state index >= 15 is 0 Å². The number of rotatable bonds is 9. The summed E-state index contributed by atoms with van der Waals surface area (Å²) in [6.45, 7) is 3.71. The van der Waals surface area contributed by atoms with Crippen molar-refractivity contribution in [2.45, 2.75) is 69.2 Å². The zero-order chi connectivity index (χ0) is 23.5. The molecule has 32 heavy (non-hydrogen) atoms. The number of hydrogen-bond acceptors (Lipinski definition) is 6. The van der Waals surface area contributed by atoms with Crippen molar-refractivity contribution in [2.75, 3.05) is 13.1 Å². The van der Waals surface area contributed by atoms with Crippen molar-refractivity contribution in [3.8, 4) is 0 Å². The molecule has 0 heterocycles. The molecular formula is C21H33N5O6. The first-order valence-electron chi connectivity index (χ1n) is 10.9. The number of alkyl carbamates (subject to hydrolysis) is 1. The Morgan fingerprint density at radius 1 is 1.16 bits per heavy atom. The first-order chi connectivity index (χ1) is 15.3. The lowest BCUT2D eigenvalue weighted by molar-refractivity contribution is -0.119. The summed E-state index contributed by atoms with van der Waals surface area (Å²) in [5.74, 6) is -1.06. The summed E-state index contributed by atoms with van der Waals surface area (Å²) in [5.41, 5.74) is 5.29. The van der Waals surface area contributed by atoms with Gasteiger partial charge in [0, 0.05) is 37.5 Å². The van der Waals surface area contributed by atoms with Crippen LogP contribution in [0.25, 0.3) is 0 Å². The van der Waals surface area contributed by atoms with Gasteiger partial charge >= 0.3 is 12.1 Å². The Labute approximate surface area is 187 Å². The maximum atomic E-state index is 12.5. The number of aliphatic hydroxyl groups is 1. The minimum absolute atomic E-state index is 0.0307. The molecule has 2 aliphatic rings. The first-order valence-corrected chi connectivity index (χ1v) is 10.9. The van der Waals surface area contributed by atoms with E-state index in [1.54, 1.807) is 0 Å². The van der Waals surface area contributed by atoms with E-state index in [9.17, 15) is 24.3 Å². The quantitative estimate of drug-likeness (QED) is 0.268. The van der Waals surface area contributed by atoms with E-state index in [0.717, 1.165) is 32.1 Å². The molecule has 2 rings (SSSR count). The number of nitrogens with one attached hydrogen (secondary N) is 4. The summed E-state index contributed by atoms with van der Waals surface area (Å²) in [7, 11) is 0. The van der Waals surface area contributed by atoms with E-state index < -0.39 is 42.2 Å². The van der Waals surface area contributed by atoms with Crippen molar-refractivity contribution in [3.63, 3.8) is 0 Å². The molecule has 0 spiro atoms. The highest BCUT2D eigenvalue weighted by atomic mass is 16.6. The second-order valence-corrected chi connectivity index (χ2v) is 7.95. The van der Waals surface area contributed by atoms with E-state index in [0.29, 0.717) is 0 Å². The van der Waals surface area contributed by atoms with Gasteiger partial charge in [0.2, 0.25) is 11.8 Å². The van der Waals surface area contributed by atoms with Gasteiger partial charge < -0.3 is 36.8 Å². The van der Waals surface area contributed by atoms with Crippen LogP contribution >= 0.6 is 0 Å². The highest BCUT2D eigenvalue weighted by Gasteiger charge is 2.37. The van der Waals surface area contributed by atoms with Crippen LogP contribution in [0, 0.1) is 0 Å². The summed E-state index contributed by atoms with van der Waals surface area (Å²) < 4.78 is 5.28. The molecule has 178 valence electrons. The lowest BCUT2D eigenvalue weighted by Gasteiger charge is -2.34. The normalized spacial score (nSPS) is 23.3. The van der Waals surface area contributed by atoms with Gasteiger partial charge in [-0.05, 0) is 12.8 Å². The van der Waals surface area contributed by atoms with Crippen LogP contribution in [0.15, 0.2) is 24.3 Å². The highest BCUT2D eigenvalue weighted by Crippen LogP contribution is 2.23. The maximum Gasteiger partial charge on any atom is 0.407 e. The van der Waals surface area contributed by atoms with Crippen LogP contribution < -0.4 is 27.0 Å². The number of hydrogen-bond donors (Lipinski definition) is 6. The average molecular weight is 452 g/mol. The van der Waals surface area contributed by atoms with Gasteiger partial charge in [0.15, 0.2) is 0 Å². The lowest BCUT2D eigenvalue weighted by atomic mass is 9.89. The zero-order valence-corrected chi connectivity index (χ0v) is 18.1. The molecule has 0 bridgehead atoms. The van der Waals surface area contributed by atoms with Crippen molar-refractivity contribution in [1.29, 1.82) is 0 Å². The van der Waals surface area contributed by atoms with Crippen molar-refractivity contribution < 1.29 is 29.0 Å². The molecular weight excluding hydrogens is 418 g/mol. The number of urea groups is 1. The number of ether oxygens (including phenoxy) is 1. The van der Waals surface area contributed by atoms with Crippen LogP contribution in [0.5, 0.6) is 0 Å². The van der Waals surface area contributed by atoms with E-state index in [1.165, 1.54) is 12.2 Å². The Hall–Kier alpha value is -3.08. The van der Waals surface area contributed by atoms with E-state index in [2.05, 4.69) is 27.8 Å². The highest BCUT2D eigenvalue weighted by molar-refractivity contribution is 5.94. The predicted molar refractivity (Wildman–Crippen MR) is 116 cm³/mol. The fourth-order valence-electron chi connectivity index (χ4n) is 3.73. The lowest BCUT2D eigenvalue weighted by Crippen LogP contribution is -2.55. The molecule has 0 aromatic rings. The second kappa shape index (κ2) is 12.7. The fraction of sp³-hybridized carbons (Fsp3) is 0.619. The predicted octanol–water partition coefficient (Wildman–Crippen LogP) is -0.0497. The molecule has 1 fully saturated rings. The molecule has 0 saturated heterocycles. The van der Waals surface area contributed by atoms with Crippen molar-refractivity contribution in [1.82, 2.24) is 21.3 Å². The number of carbonyl (C=O) groups is 4. The molecule has 1 saturated carbocycles. The van der Waals surface area contributed by atoms with Gasteiger partial charge in [-0.3, -0.25) is 9.59 Å². The number of amides is 5. The van der Waals surface area contributed by atoms with E-state index in [1.807, 2.05) is 0 Å². The van der Waals surface area contributed by atoms with Gasteiger partial charge in [-0.25, -0.2) is 9.59 Å². The molecule has 3 atom stereocenters. The van der Waals surface area contributed by atoms with Crippen molar-refractivity contribution in [3.05, 3.63) is 24.3 Å². The average Bonchev–Trinajstić information content (AvgIpc) is 2.75. The van der Waals surface area contributed by atoms with Gasteiger partial charge in [0.05, 0.1) is 6.04 Å². The van der Waals surface area contributed by atoms with Gasteiger partial charge in [0.1, 0.15) is 12.2 Å². The second-order valence-electron chi connectivity index (χ2n) is 7.95. The Kier molecular flexibility index (Phi) is 9.99. The van der Waals surface area contributed by atoms with Gasteiger partial charge in [-0.15, -0.1) is 6.58 Å². The molecule has 0 aromatic heterocycles. The fourth-order valence-corrected chi connectivity index (χ4v) is 3.73. The van der Waals surface area contributed by atoms with Gasteiger partial charge in [-0.2, -0.15) is 0 Å². The third kappa shape index (κ3) is 8.22. The zero-order valence-electron chi connectivity index (χ0n) is 18.1. The molecule has 5 amide bonds. The monoisotopic (exact) mass is 451 g/mol. The minimum Gasteiger partial charge on any atom is -0.443 e. The molecule has 11 heteroatoms. The van der Waals surface area contributed by atoms with Crippen LogP contribution in [-0.4, -0.2) is 66.4 Å². The Bertz CT molecular complexity index is 734. The van der Waals surface area contributed by atoms with E-state index in [4.69, 9.17) is 10.5 Å². The third-order valence-corrected chi connectivity index (χ3v) is 5.39. The summed E-state index contributed by atoms with van der Waals surface area (Å²) in [5, 5.41) is 21.2. The Morgan fingerprint density at radius 3 is 2.53 bits per heavy atom. The van der Waals surface area contributed by atoms with Crippen LogP contribution in [0.1, 0.15) is 44.9 Å². The van der Waals surface area contributed by atoms with Crippen LogP contribution in [0.4, 0.5) is 9.59 Å². The summed E-state index contributed by atoms with van der Waals surface area (Å²) in [6.07, 6.45) is 4.71. The molecule has 7 N–H and O–H groups in total. The molecule has 2 aliphatic carbocycles. The number of aliphatic hydroxyl groups excluding tert-OH is 1.